The minimum absolute atomic E-state index is 0.153. The lowest BCUT2D eigenvalue weighted by molar-refractivity contribution is -0.138. The van der Waals surface area contributed by atoms with Crippen LogP contribution in [0.15, 0.2) is 18.2 Å². The van der Waals surface area contributed by atoms with Gasteiger partial charge >= 0.3 is 5.97 Å². The Balaban J connectivity index is 2.81. The van der Waals surface area contributed by atoms with Crippen LogP contribution in [0.5, 0.6) is 0 Å². The normalized spacial score (nSPS) is 10.2. The molecule has 0 spiro atoms. The number of carboxylic acids is 1. The summed E-state index contributed by atoms with van der Waals surface area (Å²) < 4.78 is 13.1. The van der Waals surface area contributed by atoms with Crippen LogP contribution in [0.4, 0.5) is 4.39 Å². The number of rotatable bonds is 5. The summed E-state index contributed by atoms with van der Waals surface area (Å²) in [6.07, 6.45) is 5.17. The van der Waals surface area contributed by atoms with Gasteiger partial charge in [0, 0.05) is 6.54 Å². The Hall–Kier alpha value is -1.86. The predicted molar refractivity (Wildman–Crippen MR) is 62.9 cm³/mol. The Morgan fingerprint density at radius 1 is 1.59 bits per heavy atom. The summed E-state index contributed by atoms with van der Waals surface area (Å²) in [5.74, 6) is 1.11. The number of carbonyl (C=O) groups is 1. The molecule has 4 heteroatoms. The van der Waals surface area contributed by atoms with E-state index in [4.69, 9.17) is 11.5 Å². The summed E-state index contributed by atoms with van der Waals surface area (Å²) in [7, 11) is 0. The van der Waals surface area contributed by atoms with Crippen molar-refractivity contribution in [3.05, 3.63) is 35.1 Å². The first-order valence-corrected chi connectivity index (χ1v) is 5.15. The molecule has 1 aromatic rings. The quantitative estimate of drug-likeness (QED) is 0.789. The summed E-state index contributed by atoms with van der Waals surface area (Å²) in [6.45, 7) is 2.26. The number of halogens is 1. The summed E-state index contributed by atoms with van der Waals surface area (Å²) >= 11 is 0. The molecule has 0 aliphatic rings. The summed E-state index contributed by atoms with van der Waals surface area (Å²) in [5.41, 5.74) is 1.67. The van der Waals surface area contributed by atoms with E-state index in [9.17, 15) is 9.18 Å². The first kappa shape index (κ1) is 13.2. The fourth-order valence-corrected chi connectivity index (χ4v) is 1.54. The van der Waals surface area contributed by atoms with Gasteiger partial charge in [0.2, 0.25) is 0 Å². The molecular formula is C13H14FNO2. The fraction of sp³-hybridized carbons (Fsp3) is 0.308. The number of benzene rings is 1. The smallest absolute Gasteiger partial charge is 0.317 e. The maximum atomic E-state index is 13.1. The van der Waals surface area contributed by atoms with E-state index in [1.807, 2.05) is 6.92 Å². The molecule has 1 rings (SSSR count). The van der Waals surface area contributed by atoms with Crippen molar-refractivity contribution >= 4 is 5.97 Å². The molecule has 0 aliphatic heterocycles. The molecule has 0 aliphatic carbocycles. The lowest BCUT2D eigenvalue weighted by atomic mass is 10.1. The van der Waals surface area contributed by atoms with Crippen LogP contribution in [0, 0.1) is 25.1 Å². The number of nitrogens with zero attached hydrogens (tertiary/aromatic N) is 1. The number of aryl methyl sites for hydroxylation is 1. The van der Waals surface area contributed by atoms with Gasteiger partial charge in [-0.2, -0.15) is 0 Å². The van der Waals surface area contributed by atoms with Crippen LogP contribution in [0.3, 0.4) is 0 Å². The van der Waals surface area contributed by atoms with Crippen LogP contribution >= 0.6 is 0 Å². The van der Waals surface area contributed by atoms with Crippen LogP contribution in [0.1, 0.15) is 11.1 Å². The standard InChI is InChI=1S/C13H14FNO2/c1-3-6-15(9-13(16)17)8-11-7-12(14)5-4-10(11)2/h1,4-5,7H,6,8-9H2,2H3,(H,16,17). The Labute approximate surface area is 99.9 Å². The fourth-order valence-electron chi connectivity index (χ4n) is 1.54. The minimum atomic E-state index is -0.950. The minimum Gasteiger partial charge on any atom is -0.480 e. The average Bonchev–Trinajstić information content (AvgIpc) is 2.23. The topological polar surface area (TPSA) is 40.5 Å². The highest BCUT2D eigenvalue weighted by molar-refractivity contribution is 5.69. The third-order valence-electron chi connectivity index (χ3n) is 2.38. The highest BCUT2D eigenvalue weighted by Gasteiger charge is 2.11. The molecule has 0 atom stereocenters. The highest BCUT2D eigenvalue weighted by atomic mass is 19.1. The summed E-state index contributed by atoms with van der Waals surface area (Å²) in [6, 6.07) is 4.45. The van der Waals surface area contributed by atoms with E-state index in [-0.39, 0.29) is 18.9 Å². The molecule has 3 nitrogen and oxygen atoms in total. The van der Waals surface area contributed by atoms with Gasteiger partial charge in [0.1, 0.15) is 5.82 Å². The first-order valence-electron chi connectivity index (χ1n) is 5.15. The lowest BCUT2D eigenvalue weighted by Gasteiger charge is -2.18. The maximum absolute atomic E-state index is 13.1. The summed E-state index contributed by atoms with van der Waals surface area (Å²) in [4.78, 5) is 12.2. The molecule has 0 amide bonds. The van der Waals surface area contributed by atoms with Crippen molar-refractivity contribution in [3.8, 4) is 12.3 Å². The number of aliphatic carboxylic acids is 1. The molecule has 0 saturated carbocycles. The van der Waals surface area contributed by atoms with Crippen molar-refractivity contribution in [2.24, 2.45) is 0 Å². The summed E-state index contributed by atoms with van der Waals surface area (Å²) in [5, 5.41) is 8.73. The maximum Gasteiger partial charge on any atom is 0.317 e. The zero-order chi connectivity index (χ0) is 12.8. The zero-order valence-electron chi connectivity index (χ0n) is 9.61. The van der Waals surface area contributed by atoms with Crippen LogP contribution in [-0.2, 0) is 11.3 Å². The second-order valence-electron chi connectivity index (χ2n) is 3.81. The van der Waals surface area contributed by atoms with Crippen LogP contribution in [0.25, 0.3) is 0 Å². The van der Waals surface area contributed by atoms with Crippen molar-refractivity contribution in [3.63, 3.8) is 0 Å². The van der Waals surface area contributed by atoms with Crippen LogP contribution in [-0.4, -0.2) is 29.1 Å². The molecule has 0 bridgehead atoms. The molecule has 0 aromatic heterocycles. The van der Waals surface area contributed by atoms with E-state index in [0.717, 1.165) is 11.1 Å². The molecule has 17 heavy (non-hydrogen) atoms. The number of terminal acetylenes is 1. The Morgan fingerprint density at radius 3 is 2.88 bits per heavy atom. The Morgan fingerprint density at radius 2 is 2.29 bits per heavy atom. The molecule has 0 radical (unpaired) electrons. The second-order valence-corrected chi connectivity index (χ2v) is 3.81. The van der Waals surface area contributed by atoms with Gasteiger partial charge in [0.15, 0.2) is 0 Å². The number of hydrogen-bond donors (Lipinski definition) is 1. The van der Waals surface area contributed by atoms with Gasteiger partial charge in [-0.1, -0.05) is 12.0 Å². The number of hydrogen-bond acceptors (Lipinski definition) is 2. The van der Waals surface area contributed by atoms with Crippen molar-refractivity contribution in [1.82, 2.24) is 4.90 Å². The van der Waals surface area contributed by atoms with Gasteiger partial charge in [0.05, 0.1) is 13.1 Å². The van der Waals surface area contributed by atoms with Crippen molar-refractivity contribution in [2.45, 2.75) is 13.5 Å². The molecule has 0 unspecified atom stereocenters. The molecule has 90 valence electrons. The van der Waals surface area contributed by atoms with Gasteiger partial charge in [-0.15, -0.1) is 6.42 Å². The predicted octanol–water partition coefficient (Wildman–Crippen LogP) is 1.65. The van der Waals surface area contributed by atoms with Crippen LogP contribution in [0.2, 0.25) is 0 Å². The van der Waals surface area contributed by atoms with E-state index in [2.05, 4.69) is 5.92 Å². The lowest BCUT2D eigenvalue weighted by Crippen LogP contribution is -2.30. The van der Waals surface area contributed by atoms with Gasteiger partial charge in [0.25, 0.3) is 0 Å². The molecule has 0 saturated heterocycles. The largest absolute Gasteiger partial charge is 0.480 e. The molecule has 0 fully saturated rings. The molecule has 1 aromatic carbocycles. The molecular weight excluding hydrogens is 221 g/mol. The molecule has 0 heterocycles. The van der Waals surface area contributed by atoms with Crippen molar-refractivity contribution < 1.29 is 14.3 Å². The highest BCUT2D eigenvalue weighted by Crippen LogP contribution is 2.12. The van der Waals surface area contributed by atoms with Gasteiger partial charge in [-0.3, -0.25) is 9.69 Å². The van der Waals surface area contributed by atoms with Gasteiger partial charge in [-0.25, -0.2) is 4.39 Å². The SMILES string of the molecule is C#CCN(CC(=O)O)Cc1cc(F)ccc1C. The van der Waals surface area contributed by atoms with E-state index in [1.54, 1.807) is 11.0 Å². The molecule has 1 N–H and O–H groups in total. The third kappa shape index (κ3) is 4.25. The monoisotopic (exact) mass is 235 g/mol. The Kier molecular flexibility index (Phi) is 4.68. The van der Waals surface area contributed by atoms with E-state index < -0.39 is 5.97 Å². The van der Waals surface area contributed by atoms with E-state index >= 15 is 0 Å². The van der Waals surface area contributed by atoms with Crippen molar-refractivity contribution in [1.29, 1.82) is 0 Å². The van der Waals surface area contributed by atoms with E-state index in [0.29, 0.717) is 6.54 Å². The van der Waals surface area contributed by atoms with Crippen LogP contribution < -0.4 is 0 Å². The zero-order valence-corrected chi connectivity index (χ0v) is 9.61. The Bertz CT molecular complexity index is 451. The average molecular weight is 235 g/mol. The van der Waals surface area contributed by atoms with Crippen molar-refractivity contribution in [2.75, 3.05) is 13.1 Å². The van der Waals surface area contributed by atoms with E-state index in [1.165, 1.54) is 12.1 Å². The second kappa shape index (κ2) is 6.02. The van der Waals surface area contributed by atoms with Gasteiger partial charge in [-0.05, 0) is 30.2 Å². The van der Waals surface area contributed by atoms with Gasteiger partial charge < -0.3 is 5.11 Å². The first-order chi connectivity index (χ1) is 8.02. The third-order valence-corrected chi connectivity index (χ3v) is 2.38. The number of carboxylic acid groups (broad SMARTS) is 1.